The maximum absolute atomic E-state index is 13.0. The smallest absolute Gasteiger partial charge is 0.123 e. The Labute approximate surface area is 96.0 Å². The molecule has 0 amide bonds. The van der Waals surface area contributed by atoms with Crippen molar-refractivity contribution in [2.24, 2.45) is 5.73 Å². The molecule has 1 aromatic carbocycles. The Balaban J connectivity index is 0.00000196. The summed E-state index contributed by atoms with van der Waals surface area (Å²) in [5, 5.41) is 0. The predicted molar refractivity (Wildman–Crippen MR) is 62.0 cm³/mol. The van der Waals surface area contributed by atoms with Crippen LogP contribution in [0.15, 0.2) is 18.2 Å². The van der Waals surface area contributed by atoms with Crippen LogP contribution in [-0.2, 0) is 0 Å². The molecule has 2 nitrogen and oxygen atoms in total. The van der Waals surface area contributed by atoms with Crippen LogP contribution in [0, 0.1) is 5.82 Å². The van der Waals surface area contributed by atoms with Gasteiger partial charge in [0.2, 0.25) is 0 Å². The molecular weight excluding hydrogens is 217 g/mol. The van der Waals surface area contributed by atoms with Crippen molar-refractivity contribution in [2.45, 2.75) is 25.8 Å². The minimum Gasteiger partial charge on any atom is -0.496 e. The van der Waals surface area contributed by atoms with Crippen molar-refractivity contribution in [3.05, 3.63) is 29.6 Å². The molecular formula is C11H17ClFNO. The van der Waals surface area contributed by atoms with Crippen molar-refractivity contribution in [1.29, 1.82) is 0 Å². The molecule has 1 aromatic rings. The predicted octanol–water partition coefficient (Wildman–Crippen LogP) is 3.06. The zero-order chi connectivity index (χ0) is 10.6. The first-order chi connectivity index (χ1) is 6.69. The fourth-order valence-electron chi connectivity index (χ4n) is 1.46. The van der Waals surface area contributed by atoms with Gasteiger partial charge in [0.25, 0.3) is 0 Å². The lowest BCUT2D eigenvalue weighted by Crippen LogP contribution is -2.11. The summed E-state index contributed by atoms with van der Waals surface area (Å²) in [6, 6.07) is 4.28. The Morgan fingerprint density at radius 3 is 2.67 bits per heavy atom. The molecule has 0 aliphatic carbocycles. The van der Waals surface area contributed by atoms with Crippen LogP contribution < -0.4 is 10.5 Å². The summed E-state index contributed by atoms with van der Waals surface area (Å²) in [6.45, 7) is 2.05. The molecule has 15 heavy (non-hydrogen) atoms. The van der Waals surface area contributed by atoms with Gasteiger partial charge in [0.1, 0.15) is 11.6 Å². The maximum Gasteiger partial charge on any atom is 0.123 e. The fraction of sp³-hybridized carbons (Fsp3) is 0.455. The van der Waals surface area contributed by atoms with Crippen molar-refractivity contribution >= 4 is 12.4 Å². The minimum atomic E-state index is -0.271. The van der Waals surface area contributed by atoms with E-state index >= 15 is 0 Å². The molecule has 0 aromatic heterocycles. The highest BCUT2D eigenvalue weighted by atomic mass is 35.5. The van der Waals surface area contributed by atoms with Crippen LogP contribution in [0.1, 0.15) is 31.4 Å². The van der Waals surface area contributed by atoms with E-state index in [-0.39, 0.29) is 24.3 Å². The first-order valence-corrected chi connectivity index (χ1v) is 4.78. The lowest BCUT2D eigenvalue weighted by atomic mass is 10.0. The van der Waals surface area contributed by atoms with Gasteiger partial charge < -0.3 is 10.5 Å². The first-order valence-electron chi connectivity index (χ1n) is 4.78. The molecule has 4 heteroatoms. The summed E-state index contributed by atoms with van der Waals surface area (Å²) < 4.78 is 18.1. The summed E-state index contributed by atoms with van der Waals surface area (Å²) in [5.74, 6) is 0.389. The Bertz CT molecular complexity index is 307. The van der Waals surface area contributed by atoms with E-state index < -0.39 is 0 Å². The zero-order valence-electron chi connectivity index (χ0n) is 9.00. The zero-order valence-corrected chi connectivity index (χ0v) is 9.81. The summed E-state index contributed by atoms with van der Waals surface area (Å²) >= 11 is 0. The molecule has 2 N–H and O–H groups in total. The Hall–Kier alpha value is -0.800. The number of nitrogens with two attached hydrogens (primary N) is 1. The summed E-state index contributed by atoms with van der Waals surface area (Å²) in [7, 11) is 1.56. The van der Waals surface area contributed by atoms with Crippen LogP contribution in [0.5, 0.6) is 5.75 Å². The van der Waals surface area contributed by atoms with Gasteiger partial charge in [-0.1, -0.05) is 13.3 Å². The van der Waals surface area contributed by atoms with Gasteiger partial charge in [0, 0.05) is 11.6 Å². The van der Waals surface area contributed by atoms with E-state index in [9.17, 15) is 4.39 Å². The first kappa shape index (κ1) is 14.2. The molecule has 0 fully saturated rings. The van der Waals surface area contributed by atoms with E-state index in [1.54, 1.807) is 13.2 Å². The topological polar surface area (TPSA) is 35.2 Å². The van der Waals surface area contributed by atoms with Crippen LogP contribution >= 0.6 is 12.4 Å². The molecule has 0 radical (unpaired) electrons. The number of benzene rings is 1. The van der Waals surface area contributed by atoms with Gasteiger partial charge in [-0.25, -0.2) is 4.39 Å². The SMILES string of the molecule is CCC[C@@H](N)c1cc(F)ccc1OC.Cl. The van der Waals surface area contributed by atoms with Crippen LogP contribution in [0.2, 0.25) is 0 Å². The van der Waals surface area contributed by atoms with Crippen molar-refractivity contribution in [3.8, 4) is 5.75 Å². The molecule has 86 valence electrons. The quantitative estimate of drug-likeness (QED) is 0.868. The number of ether oxygens (including phenoxy) is 1. The maximum atomic E-state index is 13.0. The lowest BCUT2D eigenvalue weighted by Gasteiger charge is -2.14. The van der Waals surface area contributed by atoms with Crippen molar-refractivity contribution in [2.75, 3.05) is 7.11 Å². The van der Waals surface area contributed by atoms with Crippen LogP contribution in [0.3, 0.4) is 0 Å². The van der Waals surface area contributed by atoms with E-state index in [0.29, 0.717) is 5.75 Å². The number of methoxy groups -OCH3 is 1. The van der Waals surface area contributed by atoms with E-state index in [2.05, 4.69) is 0 Å². The average molecular weight is 234 g/mol. The second-order valence-electron chi connectivity index (χ2n) is 3.28. The fourth-order valence-corrected chi connectivity index (χ4v) is 1.46. The van der Waals surface area contributed by atoms with Crippen molar-refractivity contribution in [3.63, 3.8) is 0 Å². The minimum absolute atomic E-state index is 0. The van der Waals surface area contributed by atoms with Crippen molar-refractivity contribution in [1.82, 2.24) is 0 Å². The number of hydrogen-bond donors (Lipinski definition) is 1. The van der Waals surface area contributed by atoms with E-state index in [1.165, 1.54) is 12.1 Å². The van der Waals surface area contributed by atoms with Gasteiger partial charge in [0.05, 0.1) is 7.11 Å². The monoisotopic (exact) mass is 233 g/mol. The van der Waals surface area contributed by atoms with Gasteiger partial charge in [-0.3, -0.25) is 0 Å². The molecule has 0 saturated heterocycles. The highest BCUT2D eigenvalue weighted by molar-refractivity contribution is 5.85. The van der Waals surface area contributed by atoms with Gasteiger partial charge in [-0.2, -0.15) is 0 Å². The Morgan fingerprint density at radius 1 is 1.47 bits per heavy atom. The molecule has 0 unspecified atom stereocenters. The molecule has 0 heterocycles. The van der Waals surface area contributed by atoms with Gasteiger partial charge >= 0.3 is 0 Å². The number of halogens is 2. The highest BCUT2D eigenvalue weighted by Crippen LogP contribution is 2.26. The van der Waals surface area contributed by atoms with Gasteiger partial charge in [-0.05, 0) is 24.6 Å². The summed E-state index contributed by atoms with van der Waals surface area (Å²) in [6.07, 6.45) is 1.81. The second-order valence-corrected chi connectivity index (χ2v) is 3.28. The number of rotatable bonds is 4. The molecule has 1 rings (SSSR count). The molecule has 0 aliphatic heterocycles. The third-order valence-electron chi connectivity index (χ3n) is 2.19. The van der Waals surface area contributed by atoms with Crippen LogP contribution in [0.4, 0.5) is 4.39 Å². The van der Waals surface area contributed by atoms with Crippen molar-refractivity contribution < 1.29 is 9.13 Å². The summed E-state index contributed by atoms with van der Waals surface area (Å²) in [5.41, 5.74) is 6.65. The van der Waals surface area contributed by atoms with Crippen LogP contribution in [-0.4, -0.2) is 7.11 Å². The Morgan fingerprint density at radius 2 is 2.13 bits per heavy atom. The third kappa shape index (κ3) is 3.68. The van der Waals surface area contributed by atoms with E-state index in [0.717, 1.165) is 18.4 Å². The summed E-state index contributed by atoms with van der Waals surface area (Å²) in [4.78, 5) is 0. The highest BCUT2D eigenvalue weighted by Gasteiger charge is 2.11. The Kier molecular flexibility index (Phi) is 6.29. The number of hydrogen-bond acceptors (Lipinski definition) is 2. The normalized spacial score (nSPS) is 11.7. The molecule has 0 bridgehead atoms. The second kappa shape index (κ2) is 6.64. The van der Waals surface area contributed by atoms with Gasteiger partial charge in [0.15, 0.2) is 0 Å². The molecule has 1 atom stereocenters. The van der Waals surface area contributed by atoms with E-state index in [4.69, 9.17) is 10.5 Å². The standard InChI is InChI=1S/C11H16FNO.ClH/c1-3-4-10(13)9-7-8(12)5-6-11(9)14-2;/h5-7,10H,3-4,13H2,1-2H3;1H/t10-;/m1./s1. The molecule has 0 spiro atoms. The largest absolute Gasteiger partial charge is 0.496 e. The third-order valence-corrected chi connectivity index (χ3v) is 2.19. The molecule has 0 aliphatic rings. The molecule has 0 saturated carbocycles. The lowest BCUT2D eigenvalue weighted by molar-refractivity contribution is 0.402. The van der Waals surface area contributed by atoms with Crippen LogP contribution in [0.25, 0.3) is 0 Å². The van der Waals surface area contributed by atoms with Gasteiger partial charge in [-0.15, -0.1) is 12.4 Å². The van der Waals surface area contributed by atoms with E-state index in [1.807, 2.05) is 6.92 Å². The average Bonchev–Trinajstić information content (AvgIpc) is 2.18.